The summed E-state index contributed by atoms with van der Waals surface area (Å²) in [5, 5.41) is 7.31. The maximum absolute atomic E-state index is 12.5. The Hall–Kier alpha value is -3.61. The van der Waals surface area contributed by atoms with Crippen molar-refractivity contribution >= 4 is 17.5 Å². The van der Waals surface area contributed by atoms with E-state index in [0.717, 1.165) is 11.3 Å². The van der Waals surface area contributed by atoms with Gasteiger partial charge in [-0.1, -0.05) is 30.3 Å². The summed E-state index contributed by atoms with van der Waals surface area (Å²) in [4.78, 5) is 25.9. The minimum atomic E-state index is -0.526. The number of hydrogen-bond donors (Lipinski definition) is 2. The summed E-state index contributed by atoms with van der Waals surface area (Å²) in [5.41, 5.74) is 8.29. The molecule has 0 spiro atoms. The van der Waals surface area contributed by atoms with Gasteiger partial charge >= 0.3 is 0 Å². The highest BCUT2D eigenvalue weighted by molar-refractivity contribution is 6.02. The van der Waals surface area contributed by atoms with Crippen molar-refractivity contribution in [1.82, 2.24) is 15.1 Å². The zero-order valence-electron chi connectivity index (χ0n) is 13.9. The number of para-hydroxylation sites is 2. The van der Waals surface area contributed by atoms with Crippen molar-refractivity contribution < 1.29 is 9.59 Å². The van der Waals surface area contributed by atoms with Crippen LogP contribution in [0.15, 0.2) is 67.0 Å². The van der Waals surface area contributed by atoms with E-state index >= 15 is 0 Å². The molecule has 1 aliphatic rings. The molecule has 0 unspecified atom stereocenters. The maximum atomic E-state index is 12.5. The molecule has 26 heavy (non-hydrogen) atoms. The largest absolute Gasteiger partial charge is 0.368 e. The average molecular weight is 347 g/mol. The first-order valence-electron chi connectivity index (χ1n) is 8.18. The first-order valence-corrected chi connectivity index (χ1v) is 8.18. The van der Waals surface area contributed by atoms with Crippen LogP contribution in [0.2, 0.25) is 0 Å². The molecule has 0 saturated heterocycles. The number of nitrogens with zero attached hydrogens (tertiary/aromatic N) is 3. The molecule has 0 fully saturated rings. The van der Waals surface area contributed by atoms with Crippen LogP contribution in [-0.4, -0.2) is 28.1 Å². The highest BCUT2D eigenvalue weighted by atomic mass is 16.2. The summed E-state index contributed by atoms with van der Waals surface area (Å²) in [5.74, 6) is -0.671. The minimum Gasteiger partial charge on any atom is -0.368 e. The molecule has 3 N–H and O–H groups in total. The highest BCUT2D eigenvalue weighted by Gasteiger charge is 2.33. The second kappa shape index (κ2) is 6.36. The molecule has 2 amide bonds. The van der Waals surface area contributed by atoms with Gasteiger partial charge in [0.05, 0.1) is 29.7 Å². The minimum absolute atomic E-state index is 0.0154. The molecule has 0 saturated carbocycles. The van der Waals surface area contributed by atoms with Crippen molar-refractivity contribution in [1.29, 1.82) is 0 Å². The summed E-state index contributed by atoms with van der Waals surface area (Å²) < 4.78 is 1.73. The van der Waals surface area contributed by atoms with Gasteiger partial charge in [0.1, 0.15) is 6.17 Å². The number of fused-ring (bicyclic) bond motifs is 1. The Morgan fingerprint density at radius 1 is 1.12 bits per heavy atom. The number of benzene rings is 2. The molecule has 7 nitrogen and oxygen atoms in total. The molecule has 1 aromatic heterocycles. The molecule has 3 aromatic rings. The Morgan fingerprint density at radius 3 is 2.62 bits per heavy atom. The highest BCUT2D eigenvalue weighted by Crippen LogP contribution is 2.32. The van der Waals surface area contributed by atoms with E-state index in [1.165, 1.54) is 0 Å². The second-order valence-corrected chi connectivity index (χ2v) is 6.04. The number of amides is 2. The third kappa shape index (κ3) is 2.79. The van der Waals surface area contributed by atoms with Crippen molar-refractivity contribution in [2.75, 3.05) is 11.4 Å². The molecule has 130 valence electrons. The van der Waals surface area contributed by atoms with Crippen molar-refractivity contribution in [3.05, 3.63) is 78.1 Å². The molecule has 7 heteroatoms. The molecule has 4 rings (SSSR count). The molecule has 2 heterocycles. The van der Waals surface area contributed by atoms with Crippen molar-refractivity contribution in [3.8, 4) is 5.69 Å². The number of carbonyl (C=O) groups excluding carboxylic acids is 2. The average Bonchev–Trinajstić information content (AvgIpc) is 3.14. The number of nitrogens with one attached hydrogen (secondary N) is 1. The molecule has 0 bridgehead atoms. The fraction of sp³-hybridized carbons (Fsp3) is 0.105. The van der Waals surface area contributed by atoms with Crippen molar-refractivity contribution in [2.24, 2.45) is 5.73 Å². The van der Waals surface area contributed by atoms with Crippen LogP contribution in [0.5, 0.6) is 0 Å². The van der Waals surface area contributed by atoms with Crippen molar-refractivity contribution in [3.63, 3.8) is 0 Å². The number of hydrogen-bond acceptors (Lipinski definition) is 4. The van der Waals surface area contributed by atoms with Crippen LogP contribution in [0.4, 0.5) is 5.69 Å². The number of nitrogens with two attached hydrogens (primary N) is 1. The molecule has 1 atom stereocenters. The van der Waals surface area contributed by atoms with Gasteiger partial charge in [-0.25, -0.2) is 4.68 Å². The van der Waals surface area contributed by atoms with E-state index in [9.17, 15) is 9.59 Å². The number of primary amides is 1. The van der Waals surface area contributed by atoms with Crippen LogP contribution in [0.3, 0.4) is 0 Å². The Bertz CT molecular complexity index is 967. The zero-order chi connectivity index (χ0) is 18.1. The summed E-state index contributed by atoms with van der Waals surface area (Å²) in [6.07, 6.45) is 2.99. The zero-order valence-corrected chi connectivity index (χ0v) is 13.9. The van der Waals surface area contributed by atoms with Crippen LogP contribution in [0.1, 0.15) is 22.1 Å². The lowest BCUT2D eigenvalue weighted by atomic mass is 10.0. The molecular weight excluding hydrogens is 330 g/mol. The summed E-state index contributed by atoms with van der Waals surface area (Å²) in [7, 11) is 0. The number of carbonyl (C=O) groups is 2. The van der Waals surface area contributed by atoms with Gasteiger partial charge < -0.3 is 16.0 Å². The van der Waals surface area contributed by atoms with Gasteiger partial charge in [0.25, 0.3) is 5.91 Å². The third-order valence-electron chi connectivity index (χ3n) is 4.30. The van der Waals surface area contributed by atoms with E-state index in [1.807, 2.05) is 48.7 Å². The lowest BCUT2D eigenvalue weighted by molar-refractivity contribution is -0.116. The molecule has 1 aliphatic heterocycles. The monoisotopic (exact) mass is 347 g/mol. The van der Waals surface area contributed by atoms with Crippen LogP contribution in [-0.2, 0) is 4.79 Å². The Kier molecular flexibility index (Phi) is 3.89. The summed E-state index contributed by atoms with van der Waals surface area (Å²) in [6, 6.07) is 16.8. The molecule has 0 aliphatic carbocycles. The first-order chi connectivity index (χ1) is 12.6. The van der Waals surface area contributed by atoms with Gasteiger partial charge in [-0.05, 0) is 24.3 Å². The summed E-state index contributed by atoms with van der Waals surface area (Å²) >= 11 is 0. The fourth-order valence-electron chi connectivity index (χ4n) is 3.14. The number of rotatable bonds is 4. The van der Waals surface area contributed by atoms with E-state index < -0.39 is 12.1 Å². The topological polar surface area (TPSA) is 93.2 Å². The smallest absolute Gasteiger partial charge is 0.255 e. The standard InChI is InChI=1S/C19H17N5O2/c20-17(25)12-23-16-9-5-4-8-15(16)19(26)22-18(23)13-10-21-24(11-13)14-6-2-1-3-7-14/h1-11,18H,12H2,(H2,20,25)(H,22,26)/t18-/m1/s1. The third-order valence-corrected chi connectivity index (χ3v) is 4.30. The lowest BCUT2D eigenvalue weighted by Crippen LogP contribution is -2.49. The predicted molar refractivity (Wildman–Crippen MR) is 96.8 cm³/mol. The lowest BCUT2D eigenvalue weighted by Gasteiger charge is -2.37. The van der Waals surface area contributed by atoms with Gasteiger partial charge in [0.2, 0.25) is 5.91 Å². The second-order valence-electron chi connectivity index (χ2n) is 6.04. The fourth-order valence-corrected chi connectivity index (χ4v) is 3.14. The number of anilines is 1. The van der Waals surface area contributed by atoms with Gasteiger partial charge in [0.15, 0.2) is 0 Å². The van der Waals surface area contributed by atoms with E-state index in [4.69, 9.17) is 5.73 Å². The van der Waals surface area contributed by atoms with Crippen LogP contribution < -0.4 is 16.0 Å². The molecule has 0 radical (unpaired) electrons. The Morgan fingerprint density at radius 2 is 1.85 bits per heavy atom. The Balaban J connectivity index is 1.74. The van der Waals surface area contributed by atoms with E-state index in [1.54, 1.807) is 27.9 Å². The van der Waals surface area contributed by atoms with E-state index in [0.29, 0.717) is 11.3 Å². The quantitative estimate of drug-likeness (QED) is 0.750. The molecular formula is C19H17N5O2. The maximum Gasteiger partial charge on any atom is 0.255 e. The van der Waals surface area contributed by atoms with Crippen LogP contribution >= 0.6 is 0 Å². The van der Waals surface area contributed by atoms with Crippen LogP contribution in [0.25, 0.3) is 5.69 Å². The summed E-state index contributed by atoms with van der Waals surface area (Å²) in [6.45, 7) is -0.0154. The van der Waals surface area contributed by atoms with Gasteiger partial charge in [-0.3, -0.25) is 9.59 Å². The Labute approximate surface area is 150 Å². The molecule has 2 aromatic carbocycles. The van der Waals surface area contributed by atoms with Gasteiger partial charge in [0, 0.05) is 11.8 Å². The SMILES string of the molecule is NC(=O)CN1c2ccccc2C(=O)N[C@H]1c1cnn(-c2ccccc2)c1. The number of aromatic nitrogens is 2. The predicted octanol–water partition coefficient (Wildman–Crippen LogP) is 1.61. The van der Waals surface area contributed by atoms with Gasteiger partial charge in [-0.15, -0.1) is 0 Å². The van der Waals surface area contributed by atoms with Crippen LogP contribution in [0, 0.1) is 0 Å². The van der Waals surface area contributed by atoms with Gasteiger partial charge in [-0.2, -0.15) is 5.10 Å². The first kappa shape index (κ1) is 15.9. The van der Waals surface area contributed by atoms with E-state index in [2.05, 4.69) is 10.4 Å². The van der Waals surface area contributed by atoms with Crippen molar-refractivity contribution in [2.45, 2.75) is 6.17 Å². The van der Waals surface area contributed by atoms with E-state index in [-0.39, 0.29) is 12.5 Å². The normalized spacial score (nSPS) is 16.1.